The number of hydrogen-bond acceptors (Lipinski definition) is 3. The number of ether oxygens (including phenoxy) is 2. The molecule has 0 aliphatic heterocycles. The topological polar surface area (TPSA) is 55.8 Å². The second-order valence-corrected chi connectivity index (χ2v) is 5.83. The van der Waals surface area contributed by atoms with Gasteiger partial charge in [0.05, 0.1) is 19.1 Å². The molecule has 1 aromatic carbocycles. The van der Waals surface area contributed by atoms with E-state index in [1.165, 1.54) is 5.56 Å². The number of carbonyl (C=O) groups is 1. The molecule has 0 aliphatic rings. The van der Waals surface area contributed by atoms with Crippen LogP contribution in [-0.2, 0) is 11.2 Å². The SMILES string of the molecule is CCc1ccc(OCCCCC(C)(C)C(=O)O)c(OC)c1. The predicted octanol–water partition coefficient (Wildman–Crippen LogP) is 3.92. The van der Waals surface area contributed by atoms with Gasteiger partial charge in [-0.25, -0.2) is 0 Å². The fourth-order valence-electron chi connectivity index (χ4n) is 2.01. The maximum absolute atomic E-state index is 11.0. The summed E-state index contributed by atoms with van der Waals surface area (Å²) in [5.41, 5.74) is 0.544. The van der Waals surface area contributed by atoms with E-state index in [0.29, 0.717) is 13.0 Å². The summed E-state index contributed by atoms with van der Waals surface area (Å²) in [5.74, 6) is 0.743. The highest BCUT2D eigenvalue weighted by Gasteiger charge is 2.25. The lowest BCUT2D eigenvalue weighted by Gasteiger charge is -2.18. The molecule has 0 fully saturated rings. The maximum Gasteiger partial charge on any atom is 0.309 e. The number of rotatable bonds is 9. The van der Waals surface area contributed by atoms with Crippen molar-refractivity contribution in [3.8, 4) is 11.5 Å². The second-order valence-electron chi connectivity index (χ2n) is 5.83. The maximum atomic E-state index is 11.0. The first kappa shape index (κ1) is 17.3. The summed E-state index contributed by atoms with van der Waals surface area (Å²) in [6.07, 6.45) is 3.27. The molecule has 4 heteroatoms. The van der Waals surface area contributed by atoms with Crippen molar-refractivity contribution in [2.75, 3.05) is 13.7 Å². The Labute approximate surface area is 127 Å². The number of methoxy groups -OCH3 is 1. The van der Waals surface area contributed by atoms with E-state index in [1.54, 1.807) is 21.0 Å². The molecule has 0 unspecified atom stereocenters. The van der Waals surface area contributed by atoms with Gasteiger partial charge in [0.2, 0.25) is 0 Å². The van der Waals surface area contributed by atoms with Gasteiger partial charge >= 0.3 is 5.97 Å². The third kappa shape index (κ3) is 5.29. The summed E-state index contributed by atoms with van der Waals surface area (Å²) in [6, 6.07) is 5.95. The minimum absolute atomic E-state index is 0.567. The number of hydrogen-bond donors (Lipinski definition) is 1. The van der Waals surface area contributed by atoms with Crippen molar-refractivity contribution >= 4 is 5.97 Å². The number of aliphatic carboxylic acids is 1. The summed E-state index contributed by atoms with van der Waals surface area (Å²) < 4.78 is 11.1. The molecule has 0 spiro atoms. The fourth-order valence-corrected chi connectivity index (χ4v) is 2.01. The molecule has 0 aliphatic carbocycles. The Bertz CT molecular complexity index is 466. The predicted molar refractivity (Wildman–Crippen MR) is 83.1 cm³/mol. The van der Waals surface area contributed by atoms with Crippen LogP contribution in [0.2, 0.25) is 0 Å². The first-order chi connectivity index (χ1) is 9.90. The molecule has 0 aromatic heterocycles. The summed E-state index contributed by atoms with van der Waals surface area (Å²) in [6.45, 7) is 6.17. The zero-order valence-electron chi connectivity index (χ0n) is 13.4. The van der Waals surface area contributed by atoms with E-state index in [0.717, 1.165) is 30.8 Å². The normalized spacial score (nSPS) is 11.2. The Balaban J connectivity index is 2.41. The molecule has 0 amide bonds. The largest absolute Gasteiger partial charge is 0.493 e. The molecule has 0 atom stereocenters. The molecule has 1 aromatic rings. The molecule has 0 saturated carbocycles. The van der Waals surface area contributed by atoms with Gasteiger partial charge < -0.3 is 14.6 Å². The van der Waals surface area contributed by atoms with Crippen molar-refractivity contribution in [2.24, 2.45) is 5.41 Å². The third-order valence-electron chi connectivity index (χ3n) is 3.67. The van der Waals surface area contributed by atoms with Crippen molar-refractivity contribution in [3.05, 3.63) is 23.8 Å². The molecule has 118 valence electrons. The van der Waals surface area contributed by atoms with Crippen LogP contribution in [0.4, 0.5) is 0 Å². The highest BCUT2D eigenvalue weighted by atomic mass is 16.5. The molecule has 0 radical (unpaired) electrons. The summed E-state index contributed by atoms with van der Waals surface area (Å²) in [4.78, 5) is 11.0. The summed E-state index contributed by atoms with van der Waals surface area (Å²) in [5, 5.41) is 9.05. The number of unbranched alkanes of at least 4 members (excludes halogenated alkanes) is 1. The van der Waals surface area contributed by atoms with Crippen LogP contribution in [0.15, 0.2) is 18.2 Å². The quantitative estimate of drug-likeness (QED) is 0.701. The van der Waals surface area contributed by atoms with Gasteiger partial charge in [-0.15, -0.1) is 0 Å². The molecular weight excluding hydrogens is 268 g/mol. The third-order valence-corrected chi connectivity index (χ3v) is 3.67. The van der Waals surface area contributed by atoms with Crippen LogP contribution in [0.3, 0.4) is 0 Å². The minimum atomic E-state index is -0.750. The highest BCUT2D eigenvalue weighted by Crippen LogP contribution is 2.29. The van der Waals surface area contributed by atoms with E-state index in [4.69, 9.17) is 14.6 Å². The lowest BCUT2D eigenvalue weighted by Crippen LogP contribution is -2.23. The van der Waals surface area contributed by atoms with Crippen molar-refractivity contribution < 1.29 is 19.4 Å². The van der Waals surface area contributed by atoms with E-state index in [2.05, 4.69) is 6.92 Å². The van der Waals surface area contributed by atoms with E-state index in [1.807, 2.05) is 18.2 Å². The molecule has 0 heterocycles. The second kappa shape index (κ2) is 7.91. The minimum Gasteiger partial charge on any atom is -0.493 e. The van der Waals surface area contributed by atoms with Crippen LogP contribution >= 0.6 is 0 Å². The lowest BCUT2D eigenvalue weighted by molar-refractivity contribution is -0.147. The fraction of sp³-hybridized carbons (Fsp3) is 0.588. The zero-order valence-corrected chi connectivity index (χ0v) is 13.4. The van der Waals surface area contributed by atoms with Gasteiger partial charge in [0.25, 0.3) is 0 Å². The van der Waals surface area contributed by atoms with Crippen molar-refractivity contribution in [2.45, 2.75) is 46.5 Å². The highest BCUT2D eigenvalue weighted by molar-refractivity contribution is 5.73. The van der Waals surface area contributed by atoms with E-state index >= 15 is 0 Å². The van der Waals surface area contributed by atoms with Crippen molar-refractivity contribution in [3.63, 3.8) is 0 Å². The summed E-state index contributed by atoms with van der Waals surface area (Å²) >= 11 is 0. The van der Waals surface area contributed by atoms with E-state index < -0.39 is 11.4 Å². The number of carboxylic acids is 1. The monoisotopic (exact) mass is 294 g/mol. The van der Waals surface area contributed by atoms with Crippen LogP contribution in [0.1, 0.15) is 45.6 Å². The van der Waals surface area contributed by atoms with Crippen LogP contribution < -0.4 is 9.47 Å². The van der Waals surface area contributed by atoms with Crippen LogP contribution in [-0.4, -0.2) is 24.8 Å². The van der Waals surface area contributed by atoms with Gasteiger partial charge in [-0.3, -0.25) is 4.79 Å². The van der Waals surface area contributed by atoms with Crippen LogP contribution in [0.5, 0.6) is 11.5 Å². The molecule has 0 saturated heterocycles. The Morgan fingerprint density at radius 2 is 1.95 bits per heavy atom. The Morgan fingerprint density at radius 1 is 1.24 bits per heavy atom. The van der Waals surface area contributed by atoms with E-state index in [-0.39, 0.29) is 0 Å². The lowest BCUT2D eigenvalue weighted by atomic mass is 9.87. The molecule has 21 heavy (non-hydrogen) atoms. The molecular formula is C17H26O4. The molecule has 1 rings (SSSR count). The van der Waals surface area contributed by atoms with Gasteiger partial charge in [-0.05, 0) is 57.2 Å². The number of carboxylic acid groups (broad SMARTS) is 1. The Kier molecular flexibility index (Phi) is 6.53. The first-order valence-corrected chi connectivity index (χ1v) is 7.44. The van der Waals surface area contributed by atoms with Crippen LogP contribution in [0.25, 0.3) is 0 Å². The Hall–Kier alpha value is -1.71. The zero-order chi connectivity index (χ0) is 15.9. The van der Waals surface area contributed by atoms with Crippen LogP contribution in [0, 0.1) is 5.41 Å². The van der Waals surface area contributed by atoms with Crippen molar-refractivity contribution in [1.82, 2.24) is 0 Å². The Morgan fingerprint density at radius 3 is 2.52 bits per heavy atom. The smallest absolute Gasteiger partial charge is 0.309 e. The average molecular weight is 294 g/mol. The number of benzene rings is 1. The standard InChI is InChI=1S/C17H26O4/c1-5-13-8-9-14(15(12-13)20-4)21-11-7-6-10-17(2,3)16(18)19/h8-9,12H,5-7,10-11H2,1-4H3,(H,18,19). The van der Waals surface area contributed by atoms with Gasteiger partial charge in [0.1, 0.15) is 0 Å². The van der Waals surface area contributed by atoms with Crippen molar-refractivity contribution in [1.29, 1.82) is 0 Å². The molecule has 4 nitrogen and oxygen atoms in total. The number of aryl methyl sites for hydroxylation is 1. The van der Waals surface area contributed by atoms with Gasteiger partial charge in [-0.1, -0.05) is 13.0 Å². The van der Waals surface area contributed by atoms with Gasteiger partial charge in [0, 0.05) is 0 Å². The molecule has 0 bridgehead atoms. The van der Waals surface area contributed by atoms with E-state index in [9.17, 15) is 4.79 Å². The first-order valence-electron chi connectivity index (χ1n) is 7.44. The average Bonchev–Trinajstić information content (AvgIpc) is 2.46. The van der Waals surface area contributed by atoms with Gasteiger partial charge in [0.15, 0.2) is 11.5 Å². The molecule has 1 N–H and O–H groups in total. The summed E-state index contributed by atoms with van der Waals surface area (Å²) in [7, 11) is 1.64. The van der Waals surface area contributed by atoms with Gasteiger partial charge in [-0.2, -0.15) is 0 Å².